The molecule has 0 N–H and O–H groups in total. The maximum Gasteiger partial charge on any atom is 0.261 e. The van der Waals surface area contributed by atoms with E-state index in [9.17, 15) is 13.6 Å². The van der Waals surface area contributed by atoms with Gasteiger partial charge in [0.25, 0.3) is 5.56 Å². The molecule has 0 radical (unpaired) electrons. The predicted molar refractivity (Wildman–Crippen MR) is 155 cm³/mol. The van der Waals surface area contributed by atoms with Gasteiger partial charge < -0.3 is 4.90 Å². The third-order valence-electron chi connectivity index (χ3n) is 8.29. The molecule has 0 spiro atoms. The molecule has 0 aliphatic carbocycles. The lowest BCUT2D eigenvalue weighted by molar-refractivity contribution is 0.109. The van der Waals surface area contributed by atoms with E-state index in [0.717, 1.165) is 62.4 Å². The number of halogens is 2. The van der Waals surface area contributed by atoms with Crippen LogP contribution in [0.25, 0.3) is 33.4 Å². The zero-order valence-corrected chi connectivity index (χ0v) is 23.1. The number of aromatic nitrogens is 2. The Morgan fingerprint density at radius 2 is 1.77 bits per heavy atom. The summed E-state index contributed by atoms with van der Waals surface area (Å²) in [5, 5.41) is 0.446. The van der Waals surface area contributed by atoms with Crippen LogP contribution >= 0.6 is 0 Å². The Morgan fingerprint density at radius 1 is 0.974 bits per heavy atom. The molecular formula is C33H37F2N3O. The Bertz CT molecular complexity index is 1530. The summed E-state index contributed by atoms with van der Waals surface area (Å²) in [4.78, 5) is 21.8. The highest BCUT2D eigenvalue weighted by Crippen LogP contribution is 2.30. The maximum atomic E-state index is 14.6. The van der Waals surface area contributed by atoms with E-state index < -0.39 is 11.6 Å². The SMILES string of the molecule is CCc1ccccc1-c1nc2ccc(-c3ccc(F)cc3F)cc2c(=O)n1CC1CCCN(C(CC)CC)C1. The highest BCUT2D eigenvalue weighted by molar-refractivity contribution is 5.85. The van der Waals surface area contributed by atoms with Gasteiger partial charge in [-0.1, -0.05) is 51.1 Å². The van der Waals surface area contributed by atoms with E-state index in [2.05, 4.69) is 31.7 Å². The first kappa shape index (κ1) is 27.2. The molecule has 5 rings (SSSR count). The van der Waals surface area contributed by atoms with Crippen LogP contribution in [0.5, 0.6) is 0 Å². The third-order valence-corrected chi connectivity index (χ3v) is 8.29. The molecule has 39 heavy (non-hydrogen) atoms. The van der Waals surface area contributed by atoms with Gasteiger partial charge in [-0.2, -0.15) is 0 Å². The van der Waals surface area contributed by atoms with Gasteiger partial charge in [-0.05, 0) is 80.0 Å². The van der Waals surface area contributed by atoms with Crippen molar-refractivity contribution >= 4 is 10.9 Å². The molecule has 1 unspecified atom stereocenters. The second kappa shape index (κ2) is 11.8. The van der Waals surface area contributed by atoms with E-state index in [1.54, 1.807) is 18.2 Å². The lowest BCUT2D eigenvalue weighted by Crippen LogP contribution is -2.44. The summed E-state index contributed by atoms with van der Waals surface area (Å²) in [6.45, 7) is 9.26. The van der Waals surface area contributed by atoms with Crippen LogP contribution in [0.1, 0.15) is 52.0 Å². The van der Waals surface area contributed by atoms with E-state index in [-0.39, 0.29) is 11.1 Å². The number of hydrogen-bond donors (Lipinski definition) is 0. The lowest BCUT2D eigenvalue weighted by atomic mass is 9.94. The van der Waals surface area contributed by atoms with Gasteiger partial charge in [0.2, 0.25) is 0 Å². The van der Waals surface area contributed by atoms with Gasteiger partial charge in [0, 0.05) is 36.3 Å². The number of likely N-dealkylation sites (tertiary alicyclic amines) is 1. The molecule has 2 heterocycles. The summed E-state index contributed by atoms with van der Waals surface area (Å²) in [6, 6.07) is 17.4. The zero-order chi connectivity index (χ0) is 27.5. The average Bonchev–Trinajstić information content (AvgIpc) is 2.95. The highest BCUT2D eigenvalue weighted by atomic mass is 19.1. The Kier molecular flexibility index (Phi) is 8.22. The van der Waals surface area contributed by atoms with Crippen LogP contribution in [0.4, 0.5) is 8.78 Å². The lowest BCUT2D eigenvalue weighted by Gasteiger charge is -2.38. The molecule has 1 aliphatic heterocycles. The Morgan fingerprint density at radius 3 is 2.51 bits per heavy atom. The molecule has 1 fully saturated rings. The number of piperidine rings is 1. The van der Waals surface area contributed by atoms with Gasteiger partial charge in [0.15, 0.2) is 0 Å². The van der Waals surface area contributed by atoms with Gasteiger partial charge in [0.1, 0.15) is 17.5 Å². The van der Waals surface area contributed by atoms with Crippen LogP contribution in [0, 0.1) is 17.6 Å². The monoisotopic (exact) mass is 529 g/mol. The van der Waals surface area contributed by atoms with Gasteiger partial charge >= 0.3 is 0 Å². The zero-order valence-electron chi connectivity index (χ0n) is 23.1. The summed E-state index contributed by atoms with van der Waals surface area (Å²) in [6.07, 6.45) is 5.26. The molecule has 6 heteroatoms. The second-order valence-corrected chi connectivity index (χ2v) is 10.7. The minimum atomic E-state index is -0.653. The van der Waals surface area contributed by atoms with E-state index in [0.29, 0.717) is 40.8 Å². The predicted octanol–water partition coefficient (Wildman–Crippen LogP) is 7.47. The number of fused-ring (bicyclic) bond motifs is 1. The maximum absolute atomic E-state index is 14.6. The number of rotatable bonds is 8. The Hall–Kier alpha value is -3.38. The summed E-state index contributed by atoms with van der Waals surface area (Å²) in [7, 11) is 0. The molecule has 1 saturated heterocycles. The van der Waals surface area contributed by atoms with Gasteiger partial charge in [-0.3, -0.25) is 9.36 Å². The third kappa shape index (κ3) is 5.53. The van der Waals surface area contributed by atoms with Crippen molar-refractivity contribution in [3.8, 4) is 22.5 Å². The molecular weight excluding hydrogens is 492 g/mol. The summed E-state index contributed by atoms with van der Waals surface area (Å²) in [5.41, 5.74) is 3.36. The van der Waals surface area contributed by atoms with E-state index in [4.69, 9.17) is 4.98 Å². The standard InChI is InChI=1S/C33H37F2N3O/c1-4-23-11-7-8-12-28(23)32-36-31-16-13-24(27-15-14-25(34)19-30(27)35)18-29(31)33(39)38(32)21-22-10-9-17-37(20-22)26(5-2)6-3/h7-8,11-16,18-19,22,26H,4-6,9-10,17,20-21H2,1-3H3. The van der Waals surface area contributed by atoms with Crippen molar-refractivity contribution in [3.05, 3.63) is 88.2 Å². The summed E-state index contributed by atoms with van der Waals surface area (Å²) < 4.78 is 30.0. The van der Waals surface area contributed by atoms with Crippen LogP contribution in [0.2, 0.25) is 0 Å². The highest BCUT2D eigenvalue weighted by Gasteiger charge is 2.26. The van der Waals surface area contributed by atoms with Crippen LogP contribution in [0.15, 0.2) is 65.5 Å². The van der Waals surface area contributed by atoms with Crippen LogP contribution < -0.4 is 5.56 Å². The van der Waals surface area contributed by atoms with E-state index in [1.165, 1.54) is 12.1 Å². The molecule has 3 aromatic carbocycles. The van der Waals surface area contributed by atoms with Crippen LogP contribution in [0.3, 0.4) is 0 Å². The van der Waals surface area contributed by atoms with Crippen LogP contribution in [-0.2, 0) is 13.0 Å². The Balaban J connectivity index is 1.64. The topological polar surface area (TPSA) is 38.1 Å². The normalized spacial score (nSPS) is 16.3. The fraction of sp³-hybridized carbons (Fsp3) is 0.394. The first-order chi connectivity index (χ1) is 18.9. The molecule has 0 bridgehead atoms. The van der Waals surface area contributed by atoms with Crippen molar-refractivity contribution in [2.75, 3.05) is 13.1 Å². The van der Waals surface area contributed by atoms with E-state index in [1.807, 2.05) is 22.8 Å². The fourth-order valence-corrected chi connectivity index (χ4v) is 6.17. The largest absolute Gasteiger partial charge is 0.300 e. The number of hydrogen-bond acceptors (Lipinski definition) is 3. The minimum absolute atomic E-state index is 0.120. The van der Waals surface area contributed by atoms with Gasteiger partial charge in [0.05, 0.1) is 10.9 Å². The summed E-state index contributed by atoms with van der Waals surface area (Å²) in [5.74, 6) is -0.262. The van der Waals surface area contributed by atoms with Crippen molar-refractivity contribution < 1.29 is 8.78 Å². The minimum Gasteiger partial charge on any atom is -0.300 e. The number of aryl methyl sites for hydroxylation is 1. The molecule has 1 aromatic heterocycles. The number of benzene rings is 3. The second-order valence-electron chi connectivity index (χ2n) is 10.7. The van der Waals surface area contributed by atoms with Gasteiger partial charge in [-0.15, -0.1) is 0 Å². The number of nitrogens with zero attached hydrogens (tertiary/aromatic N) is 3. The first-order valence-corrected chi connectivity index (χ1v) is 14.3. The first-order valence-electron chi connectivity index (χ1n) is 14.3. The molecule has 1 atom stereocenters. The van der Waals surface area contributed by atoms with Gasteiger partial charge in [-0.25, -0.2) is 13.8 Å². The molecule has 4 aromatic rings. The average molecular weight is 530 g/mol. The fourth-order valence-electron chi connectivity index (χ4n) is 6.17. The molecule has 1 aliphatic rings. The van der Waals surface area contributed by atoms with Crippen molar-refractivity contribution in [3.63, 3.8) is 0 Å². The quantitative estimate of drug-likeness (QED) is 0.238. The van der Waals surface area contributed by atoms with Crippen molar-refractivity contribution in [2.45, 2.75) is 65.5 Å². The van der Waals surface area contributed by atoms with Crippen LogP contribution in [-0.4, -0.2) is 33.6 Å². The Labute approximate surface area is 229 Å². The smallest absolute Gasteiger partial charge is 0.261 e. The molecule has 204 valence electrons. The summed E-state index contributed by atoms with van der Waals surface area (Å²) >= 11 is 0. The van der Waals surface area contributed by atoms with Crippen molar-refractivity contribution in [1.29, 1.82) is 0 Å². The molecule has 4 nitrogen and oxygen atoms in total. The molecule has 0 amide bonds. The van der Waals surface area contributed by atoms with Crippen molar-refractivity contribution in [2.24, 2.45) is 5.92 Å². The molecule has 0 saturated carbocycles. The van der Waals surface area contributed by atoms with E-state index >= 15 is 0 Å². The van der Waals surface area contributed by atoms with Crippen molar-refractivity contribution in [1.82, 2.24) is 14.5 Å².